The Hall–Kier alpha value is -3.06. The van der Waals surface area contributed by atoms with Crippen molar-refractivity contribution in [3.63, 3.8) is 0 Å². The number of ether oxygens (including phenoxy) is 1. The van der Waals surface area contributed by atoms with Crippen LogP contribution in [0, 0.1) is 11.3 Å². The fourth-order valence-electron chi connectivity index (χ4n) is 5.22. The number of benzene rings is 1. The largest absolute Gasteiger partial charge is 0.391 e. The number of amides is 2. The van der Waals surface area contributed by atoms with Crippen LogP contribution in [0.4, 0.5) is 4.79 Å². The molecule has 1 aliphatic heterocycles. The number of aliphatic hydroxyl groups is 1. The Bertz CT molecular complexity index is 1240. The zero-order chi connectivity index (χ0) is 25.2. The molecule has 2 N–H and O–H groups in total. The second kappa shape index (κ2) is 10.5. The Labute approximate surface area is 215 Å². The predicted octanol–water partition coefficient (Wildman–Crippen LogP) is 4.39. The van der Waals surface area contributed by atoms with Crippen LogP contribution in [-0.2, 0) is 11.2 Å². The lowest BCUT2D eigenvalue weighted by Gasteiger charge is -2.31. The number of aromatic nitrogens is 2. The standard InChI is InChI=1S/C27H31N5O3S/c1-16(2)35-24-11-8-17(13-18(24)14-28)25-30-31-26(36-25)22-7-3-6-21-20(22)9-10-23(21)29-27(34)32-12-4-5-19(33)15-32/h3,6-8,13,16,19,23-24,33H,4-5,9-12,15H2,1-2H3,(H,29,34)/t19-,23-,24+/m0/s1. The van der Waals surface area contributed by atoms with Gasteiger partial charge in [0.1, 0.15) is 10.0 Å². The molecule has 1 saturated heterocycles. The predicted molar refractivity (Wildman–Crippen MR) is 138 cm³/mol. The van der Waals surface area contributed by atoms with E-state index in [1.54, 1.807) is 4.90 Å². The first-order valence-electron chi connectivity index (χ1n) is 12.6. The van der Waals surface area contributed by atoms with Crippen LogP contribution < -0.4 is 5.32 Å². The summed E-state index contributed by atoms with van der Waals surface area (Å²) in [4.78, 5) is 14.5. The second-order valence-corrected chi connectivity index (χ2v) is 10.8. The summed E-state index contributed by atoms with van der Waals surface area (Å²) in [5.74, 6) is 0. The molecule has 3 atom stereocenters. The molecule has 0 saturated carbocycles. The minimum absolute atomic E-state index is 0.0510. The van der Waals surface area contributed by atoms with Crippen LogP contribution in [0.2, 0.25) is 0 Å². The zero-order valence-electron chi connectivity index (χ0n) is 20.6. The maximum Gasteiger partial charge on any atom is 0.317 e. The van der Waals surface area contributed by atoms with Crippen molar-refractivity contribution in [3.05, 3.63) is 52.1 Å². The highest BCUT2D eigenvalue weighted by Crippen LogP contribution is 2.40. The van der Waals surface area contributed by atoms with E-state index < -0.39 is 6.10 Å². The molecule has 0 spiro atoms. The molecular formula is C27H31N5O3S. The summed E-state index contributed by atoms with van der Waals surface area (Å²) >= 11 is 1.52. The first kappa shape index (κ1) is 24.6. The maximum absolute atomic E-state index is 12.8. The van der Waals surface area contributed by atoms with Gasteiger partial charge in [-0.1, -0.05) is 35.6 Å². The van der Waals surface area contributed by atoms with Crippen molar-refractivity contribution >= 4 is 22.9 Å². The highest BCUT2D eigenvalue weighted by Gasteiger charge is 2.30. The highest BCUT2D eigenvalue weighted by molar-refractivity contribution is 7.15. The van der Waals surface area contributed by atoms with Crippen molar-refractivity contribution in [1.82, 2.24) is 20.4 Å². The fraction of sp³-hybridized carbons (Fsp3) is 0.481. The first-order chi connectivity index (χ1) is 17.4. The van der Waals surface area contributed by atoms with Crippen molar-refractivity contribution in [3.8, 4) is 16.6 Å². The van der Waals surface area contributed by atoms with Gasteiger partial charge in [-0.2, -0.15) is 5.26 Å². The summed E-state index contributed by atoms with van der Waals surface area (Å²) < 4.78 is 5.87. The van der Waals surface area contributed by atoms with Crippen LogP contribution in [0.25, 0.3) is 16.1 Å². The molecule has 8 nitrogen and oxygen atoms in total. The van der Waals surface area contributed by atoms with Gasteiger partial charge in [0.2, 0.25) is 0 Å². The third kappa shape index (κ3) is 5.07. The molecule has 2 aliphatic carbocycles. The van der Waals surface area contributed by atoms with E-state index in [0.29, 0.717) is 25.1 Å². The first-order valence-corrected chi connectivity index (χ1v) is 13.4. The van der Waals surface area contributed by atoms with Gasteiger partial charge < -0.3 is 20.1 Å². The molecule has 1 aromatic heterocycles. The monoisotopic (exact) mass is 505 g/mol. The zero-order valence-corrected chi connectivity index (χ0v) is 21.4. The Kier molecular flexibility index (Phi) is 7.19. The number of allylic oxidation sites excluding steroid dienone is 2. The Morgan fingerprint density at radius 3 is 2.92 bits per heavy atom. The number of nitrogens with zero attached hydrogens (tertiary/aromatic N) is 4. The normalized spacial score (nSPS) is 23.6. The summed E-state index contributed by atoms with van der Waals surface area (Å²) in [6.07, 6.45) is 7.21. The van der Waals surface area contributed by atoms with Crippen molar-refractivity contribution in [2.24, 2.45) is 0 Å². The molecule has 1 aromatic carbocycles. The minimum Gasteiger partial charge on any atom is -0.391 e. The number of urea groups is 1. The number of hydrogen-bond donors (Lipinski definition) is 2. The van der Waals surface area contributed by atoms with E-state index >= 15 is 0 Å². The Morgan fingerprint density at radius 1 is 1.31 bits per heavy atom. The smallest absolute Gasteiger partial charge is 0.317 e. The van der Waals surface area contributed by atoms with Gasteiger partial charge in [-0.3, -0.25) is 0 Å². The molecule has 188 valence electrons. The van der Waals surface area contributed by atoms with E-state index in [-0.39, 0.29) is 24.3 Å². The van der Waals surface area contributed by atoms with Crippen LogP contribution >= 0.6 is 11.3 Å². The van der Waals surface area contributed by atoms with E-state index in [0.717, 1.165) is 52.4 Å². The van der Waals surface area contributed by atoms with E-state index in [1.807, 2.05) is 26.0 Å². The SMILES string of the molecule is CC(C)O[C@@H]1CC=C(c2nnc(-c3cccc4c3CC[C@@H]4NC(=O)N3CCC[C@H](O)C3)s2)C=C1C#N. The average molecular weight is 506 g/mol. The summed E-state index contributed by atoms with van der Waals surface area (Å²) in [6, 6.07) is 8.25. The lowest BCUT2D eigenvalue weighted by Crippen LogP contribution is -2.47. The molecule has 0 radical (unpaired) electrons. The van der Waals surface area contributed by atoms with Gasteiger partial charge in [-0.05, 0) is 63.2 Å². The van der Waals surface area contributed by atoms with E-state index in [2.05, 4.69) is 39.8 Å². The highest BCUT2D eigenvalue weighted by atomic mass is 32.1. The number of carbonyl (C=O) groups is 1. The summed E-state index contributed by atoms with van der Waals surface area (Å²) in [6.45, 7) is 5.01. The number of nitrogens with one attached hydrogen (secondary N) is 1. The van der Waals surface area contributed by atoms with Crippen LogP contribution in [0.1, 0.15) is 61.7 Å². The van der Waals surface area contributed by atoms with Gasteiger partial charge >= 0.3 is 6.03 Å². The van der Waals surface area contributed by atoms with E-state index in [9.17, 15) is 15.2 Å². The number of hydrogen-bond acceptors (Lipinski definition) is 7. The minimum atomic E-state index is -0.439. The number of nitriles is 1. The summed E-state index contributed by atoms with van der Waals surface area (Å²) in [5, 5.41) is 33.2. The van der Waals surface area contributed by atoms with Crippen molar-refractivity contribution in [2.75, 3.05) is 13.1 Å². The lowest BCUT2D eigenvalue weighted by atomic mass is 9.97. The number of likely N-dealkylation sites (tertiary alicyclic amines) is 1. The molecule has 2 amide bonds. The van der Waals surface area contributed by atoms with Gasteiger partial charge in [0, 0.05) is 24.2 Å². The molecular weight excluding hydrogens is 474 g/mol. The van der Waals surface area contributed by atoms with Gasteiger partial charge in [-0.25, -0.2) is 4.79 Å². The number of piperidine rings is 1. The molecule has 36 heavy (non-hydrogen) atoms. The van der Waals surface area contributed by atoms with Crippen molar-refractivity contribution < 1.29 is 14.6 Å². The van der Waals surface area contributed by atoms with Gasteiger partial charge in [0.25, 0.3) is 0 Å². The summed E-state index contributed by atoms with van der Waals surface area (Å²) in [5.41, 5.74) is 4.87. The van der Waals surface area contributed by atoms with Crippen molar-refractivity contribution in [1.29, 1.82) is 5.26 Å². The molecule has 5 rings (SSSR count). The molecule has 3 aliphatic rings. The average Bonchev–Trinajstić information content (AvgIpc) is 3.52. The molecule has 2 aromatic rings. The Morgan fingerprint density at radius 2 is 2.14 bits per heavy atom. The Balaban J connectivity index is 1.33. The lowest BCUT2D eigenvalue weighted by molar-refractivity contribution is 0.0327. The van der Waals surface area contributed by atoms with Gasteiger partial charge in [0.15, 0.2) is 0 Å². The fourth-order valence-corrected chi connectivity index (χ4v) is 6.13. The second-order valence-electron chi connectivity index (χ2n) is 9.85. The maximum atomic E-state index is 12.8. The molecule has 1 fully saturated rings. The van der Waals surface area contributed by atoms with E-state index in [1.165, 1.54) is 16.9 Å². The van der Waals surface area contributed by atoms with Gasteiger partial charge in [-0.15, -0.1) is 10.2 Å². The van der Waals surface area contributed by atoms with Crippen LogP contribution in [0.5, 0.6) is 0 Å². The third-order valence-corrected chi connectivity index (χ3v) is 7.94. The number of β-amino-alcohol motifs (C(OH)–C–C–N with tert-alkyl or cyclic N) is 1. The summed E-state index contributed by atoms with van der Waals surface area (Å²) in [7, 11) is 0. The third-order valence-electron chi connectivity index (χ3n) is 6.93. The van der Waals surface area contributed by atoms with Crippen LogP contribution in [-0.4, -0.2) is 57.6 Å². The molecule has 0 unspecified atom stereocenters. The topological polar surface area (TPSA) is 111 Å². The quantitative estimate of drug-likeness (QED) is 0.623. The van der Waals surface area contributed by atoms with Crippen molar-refractivity contribution in [2.45, 2.75) is 70.3 Å². The molecule has 0 bridgehead atoms. The number of fused-ring (bicyclic) bond motifs is 1. The van der Waals surface area contributed by atoms with Crippen LogP contribution in [0.3, 0.4) is 0 Å². The number of rotatable bonds is 5. The van der Waals surface area contributed by atoms with E-state index in [4.69, 9.17) is 4.74 Å². The molecule has 2 heterocycles. The van der Waals surface area contributed by atoms with Gasteiger partial charge in [0.05, 0.1) is 36.0 Å². The number of aliphatic hydroxyl groups excluding tert-OH is 1. The number of carbonyl (C=O) groups excluding carboxylic acids is 1. The van der Waals surface area contributed by atoms with Crippen LogP contribution in [0.15, 0.2) is 35.9 Å². The molecule has 9 heteroatoms.